The molecule has 0 unspecified atom stereocenters. The lowest BCUT2D eigenvalue weighted by atomic mass is 10.0. The molecule has 4 saturated heterocycles. The average molecular weight is 755 g/mol. The number of carboxylic acid groups (broad SMARTS) is 1. The van der Waals surface area contributed by atoms with Gasteiger partial charge < -0.3 is 43.4 Å². The molecule has 4 heterocycles. The van der Waals surface area contributed by atoms with Crippen molar-refractivity contribution in [1.29, 1.82) is 0 Å². The van der Waals surface area contributed by atoms with Crippen LogP contribution in [0.2, 0.25) is 0 Å². The van der Waals surface area contributed by atoms with E-state index in [1.54, 1.807) is 13.8 Å². The van der Waals surface area contributed by atoms with E-state index < -0.39 is 35.7 Å². The van der Waals surface area contributed by atoms with Crippen molar-refractivity contribution in [2.45, 2.75) is 206 Å². The van der Waals surface area contributed by atoms with Gasteiger partial charge in [-0.1, -0.05) is 0 Å². The van der Waals surface area contributed by atoms with Crippen LogP contribution >= 0.6 is 0 Å². The smallest absolute Gasteiger partial charge is 0.311 e. The van der Waals surface area contributed by atoms with E-state index in [-0.39, 0.29) is 85.1 Å². The lowest BCUT2D eigenvalue weighted by Gasteiger charge is -2.25. The largest absolute Gasteiger partial charge is 0.481 e. The predicted octanol–water partition coefficient (Wildman–Crippen LogP) is 5.54. The molecule has 4 rings (SSSR count). The summed E-state index contributed by atoms with van der Waals surface area (Å²) in [5.41, 5.74) is 0. The Morgan fingerprint density at radius 3 is 1.00 bits per heavy atom. The summed E-state index contributed by atoms with van der Waals surface area (Å²) in [6.45, 7) is 14.4. The van der Waals surface area contributed by atoms with Crippen LogP contribution < -0.4 is 0 Å². The number of carboxylic acids is 1. The van der Waals surface area contributed by atoms with Crippen LogP contribution in [0, 0.1) is 23.7 Å². The summed E-state index contributed by atoms with van der Waals surface area (Å²) >= 11 is 0. The molecule has 4 aliphatic rings. The highest BCUT2D eigenvalue weighted by molar-refractivity contribution is 5.74. The van der Waals surface area contributed by atoms with Crippen molar-refractivity contribution in [3.8, 4) is 0 Å². The highest BCUT2D eigenvalue weighted by Crippen LogP contribution is 2.34. The fourth-order valence-electron chi connectivity index (χ4n) is 8.27. The Kier molecular flexibility index (Phi) is 16.4. The van der Waals surface area contributed by atoms with Gasteiger partial charge in [0.1, 0.15) is 18.3 Å². The summed E-state index contributed by atoms with van der Waals surface area (Å²) in [6, 6.07) is 0. The van der Waals surface area contributed by atoms with Gasteiger partial charge >= 0.3 is 23.9 Å². The molecule has 0 saturated carbocycles. The topological polar surface area (TPSA) is 173 Å². The SMILES string of the molecule is C[C@H](O)C[C@@H]1CC[C@H]([C@@H](C)C(=O)O[C@H](C)C[C@H]2CC[C@@H]([C@H](C)C(=O)O[C@@H](C)C[C@@H]3CC[C@H]([C@@H](C)C(=O)O[C@H](C)C[C@H]4CC[C@@H]([C@H](C)C(=O)O)O4)O3)O2)O1. The van der Waals surface area contributed by atoms with Crippen LogP contribution in [-0.4, -0.2) is 107 Å². The quantitative estimate of drug-likeness (QED) is 0.124. The predicted molar refractivity (Wildman–Crippen MR) is 193 cm³/mol. The zero-order valence-electron chi connectivity index (χ0n) is 33.1. The van der Waals surface area contributed by atoms with Crippen molar-refractivity contribution in [1.82, 2.24) is 0 Å². The maximum Gasteiger partial charge on any atom is 0.311 e. The molecule has 53 heavy (non-hydrogen) atoms. The number of aliphatic hydroxyl groups is 1. The van der Waals surface area contributed by atoms with Crippen LogP contribution in [0.3, 0.4) is 0 Å². The molecule has 0 bridgehead atoms. The molecule has 13 nitrogen and oxygen atoms in total. The lowest BCUT2D eigenvalue weighted by Crippen LogP contribution is -2.33. The maximum absolute atomic E-state index is 13.1. The van der Waals surface area contributed by atoms with Crippen LogP contribution in [-0.2, 0) is 52.3 Å². The minimum absolute atomic E-state index is 0.0319. The molecule has 304 valence electrons. The number of aliphatic hydroxyl groups excluding tert-OH is 1. The standard InChI is InChI=1S/C40H66O13/c1-21(41)17-29-9-14-34(50-29)26(6)38(44)48-23(3)19-31-11-16-36(52-31)28(8)40(46)49-24(4)20-32-12-15-35(53-32)27(7)39(45)47-22(2)18-30-10-13-33(51-30)25(5)37(42)43/h21-36,41H,9-20H2,1-8H3,(H,42,43)/t21-,22+,23+,24-,25-,26+,27+,28-,29-,30+,31+,32-,33-,34+,35+,36-/m0/s1. The van der Waals surface area contributed by atoms with Crippen LogP contribution in [0.25, 0.3) is 0 Å². The fraction of sp³-hybridized carbons (Fsp3) is 0.900. The Hall–Kier alpha value is -2.32. The molecule has 4 aliphatic heterocycles. The minimum Gasteiger partial charge on any atom is -0.481 e. The third kappa shape index (κ3) is 12.9. The second-order valence-corrected chi connectivity index (χ2v) is 16.5. The average Bonchev–Trinajstić information content (AvgIpc) is 3.91. The highest BCUT2D eigenvalue weighted by atomic mass is 16.6. The summed E-state index contributed by atoms with van der Waals surface area (Å²) in [5.74, 6) is -3.69. The van der Waals surface area contributed by atoms with E-state index in [4.69, 9.17) is 33.2 Å². The van der Waals surface area contributed by atoms with Crippen molar-refractivity contribution in [3.05, 3.63) is 0 Å². The van der Waals surface area contributed by atoms with E-state index in [9.17, 15) is 29.4 Å². The van der Waals surface area contributed by atoms with Crippen LogP contribution in [0.15, 0.2) is 0 Å². The van der Waals surface area contributed by atoms with E-state index in [0.29, 0.717) is 44.9 Å². The van der Waals surface area contributed by atoms with Gasteiger partial charge in [-0.15, -0.1) is 0 Å². The number of ether oxygens (including phenoxy) is 7. The number of aliphatic carboxylic acids is 1. The van der Waals surface area contributed by atoms with E-state index in [2.05, 4.69) is 0 Å². The van der Waals surface area contributed by atoms with Crippen molar-refractivity contribution >= 4 is 23.9 Å². The number of rotatable bonds is 19. The zero-order valence-corrected chi connectivity index (χ0v) is 33.1. The zero-order chi connectivity index (χ0) is 39.0. The Bertz CT molecular complexity index is 1210. The van der Waals surface area contributed by atoms with Gasteiger partial charge in [-0.05, 0) is 113 Å². The number of carbonyl (C=O) groups excluding carboxylic acids is 3. The van der Waals surface area contributed by atoms with Crippen LogP contribution in [0.4, 0.5) is 0 Å². The number of esters is 3. The maximum atomic E-state index is 13.1. The van der Waals surface area contributed by atoms with Crippen molar-refractivity contribution in [2.24, 2.45) is 23.7 Å². The van der Waals surface area contributed by atoms with E-state index in [1.807, 2.05) is 41.5 Å². The van der Waals surface area contributed by atoms with Gasteiger partial charge in [0.25, 0.3) is 0 Å². The summed E-state index contributed by atoms with van der Waals surface area (Å²) in [5, 5.41) is 18.9. The van der Waals surface area contributed by atoms with E-state index >= 15 is 0 Å². The number of hydrogen-bond acceptors (Lipinski definition) is 12. The third-order valence-corrected chi connectivity index (χ3v) is 11.6. The highest BCUT2D eigenvalue weighted by Gasteiger charge is 2.40. The van der Waals surface area contributed by atoms with Gasteiger partial charge in [-0.25, -0.2) is 0 Å². The van der Waals surface area contributed by atoms with Crippen LogP contribution in [0.1, 0.15) is 132 Å². The summed E-state index contributed by atoms with van der Waals surface area (Å²) in [4.78, 5) is 50.2. The Labute approximate surface area is 315 Å². The van der Waals surface area contributed by atoms with E-state index in [1.165, 1.54) is 0 Å². The number of carbonyl (C=O) groups is 4. The molecule has 0 spiro atoms. The summed E-state index contributed by atoms with van der Waals surface area (Å²) in [7, 11) is 0. The molecular formula is C40H66O13. The van der Waals surface area contributed by atoms with Crippen molar-refractivity contribution < 1.29 is 62.5 Å². The molecule has 0 aromatic rings. The molecular weight excluding hydrogens is 688 g/mol. The Balaban J connectivity index is 1.10. The second-order valence-electron chi connectivity index (χ2n) is 16.5. The first kappa shape index (κ1) is 43.4. The minimum atomic E-state index is -0.872. The monoisotopic (exact) mass is 754 g/mol. The van der Waals surface area contributed by atoms with Crippen molar-refractivity contribution in [2.75, 3.05) is 0 Å². The second kappa shape index (κ2) is 20.0. The van der Waals surface area contributed by atoms with E-state index in [0.717, 1.165) is 32.1 Å². The first-order valence-electron chi connectivity index (χ1n) is 20.1. The molecule has 16 atom stereocenters. The molecule has 13 heteroatoms. The normalized spacial score (nSPS) is 33.3. The molecule has 0 aromatic heterocycles. The Morgan fingerprint density at radius 2 is 0.736 bits per heavy atom. The van der Waals surface area contributed by atoms with Gasteiger partial charge in [0, 0.05) is 19.3 Å². The molecule has 0 radical (unpaired) electrons. The molecule has 0 aliphatic carbocycles. The lowest BCUT2D eigenvalue weighted by molar-refractivity contribution is -0.161. The van der Waals surface area contributed by atoms with Gasteiger partial charge in [0.15, 0.2) is 0 Å². The van der Waals surface area contributed by atoms with Gasteiger partial charge in [0.05, 0.1) is 78.6 Å². The number of hydrogen-bond donors (Lipinski definition) is 2. The van der Waals surface area contributed by atoms with Gasteiger partial charge in [-0.2, -0.15) is 0 Å². The fourth-order valence-corrected chi connectivity index (χ4v) is 8.27. The molecule has 0 aromatic carbocycles. The van der Waals surface area contributed by atoms with Crippen molar-refractivity contribution in [3.63, 3.8) is 0 Å². The summed E-state index contributed by atoms with van der Waals surface area (Å²) < 4.78 is 41.7. The van der Waals surface area contributed by atoms with Gasteiger partial charge in [0.2, 0.25) is 0 Å². The molecule has 4 fully saturated rings. The van der Waals surface area contributed by atoms with Gasteiger partial charge in [-0.3, -0.25) is 19.2 Å². The molecule has 2 N–H and O–H groups in total. The Morgan fingerprint density at radius 1 is 0.472 bits per heavy atom. The van der Waals surface area contributed by atoms with Crippen LogP contribution in [0.5, 0.6) is 0 Å². The first-order valence-corrected chi connectivity index (χ1v) is 20.1. The third-order valence-electron chi connectivity index (χ3n) is 11.6. The molecule has 0 amide bonds. The first-order chi connectivity index (χ1) is 25.0. The summed E-state index contributed by atoms with van der Waals surface area (Å²) in [6.07, 6.45) is 5.03.